The zero-order chi connectivity index (χ0) is 18.4. The van der Waals surface area contributed by atoms with E-state index in [9.17, 15) is 10.1 Å². The molecule has 1 aliphatic carbocycles. The van der Waals surface area contributed by atoms with Crippen molar-refractivity contribution in [2.24, 2.45) is 0 Å². The Morgan fingerprint density at radius 2 is 2.04 bits per heavy atom. The van der Waals surface area contributed by atoms with Gasteiger partial charge in [-0.15, -0.1) is 0 Å². The van der Waals surface area contributed by atoms with Crippen LogP contribution in [-0.2, 0) is 0 Å². The van der Waals surface area contributed by atoms with Gasteiger partial charge >= 0.3 is 5.69 Å². The third-order valence-corrected chi connectivity index (χ3v) is 4.33. The standard InChI is InChI=1S/C17H19ClN6O2/c18-13-6-7-14(20-10-13)23-17-15(24(25)26)16(21-11-22-17)19-9-8-12-4-2-1-3-5-12/h4,6-7,10-11H,1-3,5,8-9H2,(H2,19,20,21,22,23). The van der Waals surface area contributed by atoms with Crippen LogP contribution in [0.25, 0.3) is 0 Å². The summed E-state index contributed by atoms with van der Waals surface area (Å²) in [5, 5.41) is 17.9. The van der Waals surface area contributed by atoms with Crippen molar-refractivity contribution >= 4 is 34.7 Å². The normalized spacial score (nSPS) is 13.8. The van der Waals surface area contributed by atoms with Gasteiger partial charge in [-0.3, -0.25) is 10.1 Å². The summed E-state index contributed by atoms with van der Waals surface area (Å²) < 4.78 is 0. The largest absolute Gasteiger partial charge is 0.364 e. The zero-order valence-corrected chi connectivity index (χ0v) is 14.9. The molecule has 9 heteroatoms. The van der Waals surface area contributed by atoms with Gasteiger partial charge in [0.15, 0.2) is 0 Å². The molecule has 8 nitrogen and oxygen atoms in total. The zero-order valence-electron chi connectivity index (χ0n) is 14.1. The van der Waals surface area contributed by atoms with Crippen LogP contribution in [0.2, 0.25) is 5.02 Å². The van der Waals surface area contributed by atoms with Crippen LogP contribution in [0.3, 0.4) is 0 Å². The second-order valence-corrected chi connectivity index (χ2v) is 6.38. The highest BCUT2D eigenvalue weighted by atomic mass is 35.5. The van der Waals surface area contributed by atoms with Crippen LogP contribution in [0.5, 0.6) is 0 Å². The van der Waals surface area contributed by atoms with E-state index < -0.39 is 4.92 Å². The fraction of sp³-hybridized carbons (Fsp3) is 0.353. The van der Waals surface area contributed by atoms with Crippen LogP contribution in [0.15, 0.2) is 36.3 Å². The monoisotopic (exact) mass is 374 g/mol. The third kappa shape index (κ3) is 4.66. The van der Waals surface area contributed by atoms with Crippen LogP contribution in [0, 0.1) is 10.1 Å². The summed E-state index contributed by atoms with van der Waals surface area (Å²) in [6.07, 6.45) is 10.5. The van der Waals surface area contributed by atoms with E-state index in [0.717, 1.165) is 19.3 Å². The molecule has 0 amide bonds. The lowest BCUT2D eigenvalue weighted by Gasteiger charge is -2.13. The summed E-state index contributed by atoms with van der Waals surface area (Å²) in [6.45, 7) is 0.586. The Kier molecular flexibility index (Phi) is 5.96. The number of nitrogens with one attached hydrogen (secondary N) is 2. The van der Waals surface area contributed by atoms with Crippen molar-refractivity contribution in [3.05, 3.63) is 51.4 Å². The Morgan fingerprint density at radius 1 is 1.19 bits per heavy atom. The third-order valence-electron chi connectivity index (χ3n) is 4.10. The van der Waals surface area contributed by atoms with Gasteiger partial charge < -0.3 is 10.6 Å². The number of pyridine rings is 1. The first-order valence-corrected chi connectivity index (χ1v) is 8.81. The SMILES string of the molecule is O=[N+]([O-])c1c(NCCC2=CCCCC2)ncnc1Nc1ccc(Cl)cn1. The molecule has 26 heavy (non-hydrogen) atoms. The number of hydrogen-bond acceptors (Lipinski definition) is 7. The van der Waals surface area contributed by atoms with Crippen molar-refractivity contribution in [2.75, 3.05) is 17.2 Å². The number of halogens is 1. The van der Waals surface area contributed by atoms with Gasteiger partial charge in [-0.05, 0) is 44.2 Å². The van der Waals surface area contributed by atoms with Crippen LogP contribution in [0.4, 0.5) is 23.1 Å². The Morgan fingerprint density at radius 3 is 2.73 bits per heavy atom. The summed E-state index contributed by atoms with van der Waals surface area (Å²) in [7, 11) is 0. The molecule has 0 unspecified atom stereocenters. The molecule has 0 spiro atoms. The lowest BCUT2D eigenvalue weighted by molar-refractivity contribution is -0.383. The molecule has 0 radical (unpaired) electrons. The molecule has 0 aromatic carbocycles. The topological polar surface area (TPSA) is 106 Å². The molecule has 2 aromatic heterocycles. The predicted molar refractivity (Wildman–Crippen MR) is 101 cm³/mol. The van der Waals surface area contributed by atoms with Gasteiger partial charge in [0.25, 0.3) is 0 Å². The van der Waals surface area contributed by atoms with Crippen molar-refractivity contribution < 1.29 is 4.92 Å². The Balaban J connectivity index is 1.73. The fourth-order valence-electron chi connectivity index (χ4n) is 2.82. The Hall–Kier alpha value is -2.74. The summed E-state index contributed by atoms with van der Waals surface area (Å²) in [5.41, 5.74) is 1.19. The van der Waals surface area contributed by atoms with E-state index in [0.29, 0.717) is 17.4 Å². The summed E-state index contributed by atoms with van der Waals surface area (Å²) in [5.74, 6) is 0.687. The summed E-state index contributed by atoms with van der Waals surface area (Å²) in [6, 6.07) is 3.26. The maximum absolute atomic E-state index is 11.5. The number of aromatic nitrogens is 3. The fourth-order valence-corrected chi connectivity index (χ4v) is 2.93. The minimum absolute atomic E-state index is 0.0826. The minimum atomic E-state index is -0.500. The maximum atomic E-state index is 11.5. The van der Waals surface area contributed by atoms with E-state index in [1.54, 1.807) is 12.1 Å². The van der Waals surface area contributed by atoms with E-state index in [4.69, 9.17) is 11.6 Å². The lowest BCUT2D eigenvalue weighted by Crippen LogP contribution is -2.10. The molecule has 0 aliphatic heterocycles. The Bertz CT molecular complexity index is 809. The maximum Gasteiger partial charge on any atom is 0.353 e. The van der Waals surface area contributed by atoms with E-state index in [2.05, 4.69) is 31.7 Å². The van der Waals surface area contributed by atoms with Gasteiger partial charge in [0.05, 0.1) is 9.95 Å². The number of anilines is 3. The quantitative estimate of drug-likeness (QED) is 0.418. The average Bonchev–Trinajstić information content (AvgIpc) is 2.64. The van der Waals surface area contributed by atoms with Crippen LogP contribution in [-0.4, -0.2) is 26.4 Å². The second-order valence-electron chi connectivity index (χ2n) is 5.95. The van der Waals surface area contributed by atoms with Crippen molar-refractivity contribution in [1.29, 1.82) is 0 Å². The number of nitrogens with zero attached hydrogens (tertiary/aromatic N) is 4. The summed E-state index contributed by atoms with van der Waals surface area (Å²) in [4.78, 5) is 23.1. The molecule has 0 saturated heterocycles. The van der Waals surface area contributed by atoms with Gasteiger partial charge in [-0.1, -0.05) is 23.3 Å². The van der Waals surface area contributed by atoms with E-state index >= 15 is 0 Å². The van der Waals surface area contributed by atoms with Crippen molar-refractivity contribution in [3.8, 4) is 0 Å². The highest BCUT2D eigenvalue weighted by Gasteiger charge is 2.23. The minimum Gasteiger partial charge on any atom is -0.364 e. The molecule has 136 valence electrons. The predicted octanol–water partition coefficient (Wildman–Crippen LogP) is 4.48. The first-order valence-electron chi connectivity index (χ1n) is 8.43. The molecule has 3 rings (SSSR count). The smallest absolute Gasteiger partial charge is 0.353 e. The average molecular weight is 375 g/mol. The van der Waals surface area contributed by atoms with Crippen LogP contribution >= 0.6 is 11.6 Å². The molecular formula is C17H19ClN6O2. The van der Waals surface area contributed by atoms with Gasteiger partial charge in [-0.25, -0.2) is 15.0 Å². The molecular weight excluding hydrogens is 356 g/mol. The number of rotatable bonds is 7. The van der Waals surface area contributed by atoms with E-state index in [-0.39, 0.29) is 17.3 Å². The van der Waals surface area contributed by atoms with E-state index in [1.165, 1.54) is 30.9 Å². The molecule has 2 heterocycles. The van der Waals surface area contributed by atoms with Crippen molar-refractivity contribution in [1.82, 2.24) is 15.0 Å². The summed E-state index contributed by atoms with van der Waals surface area (Å²) >= 11 is 5.80. The van der Waals surface area contributed by atoms with Gasteiger partial charge in [-0.2, -0.15) is 0 Å². The molecule has 2 N–H and O–H groups in total. The molecule has 0 atom stereocenters. The van der Waals surface area contributed by atoms with Gasteiger partial charge in [0.2, 0.25) is 11.6 Å². The first kappa shape index (κ1) is 18.1. The molecule has 0 saturated carbocycles. The lowest BCUT2D eigenvalue weighted by atomic mass is 9.97. The van der Waals surface area contributed by atoms with Crippen LogP contribution < -0.4 is 10.6 Å². The van der Waals surface area contributed by atoms with Crippen molar-refractivity contribution in [3.63, 3.8) is 0 Å². The molecule has 0 fully saturated rings. The first-order chi connectivity index (χ1) is 12.6. The number of nitro groups is 1. The number of allylic oxidation sites excluding steroid dienone is 1. The van der Waals surface area contributed by atoms with Crippen molar-refractivity contribution in [2.45, 2.75) is 32.1 Å². The second kappa shape index (κ2) is 8.57. The Labute approximate surface area is 155 Å². The van der Waals surface area contributed by atoms with Gasteiger partial charge in [0, 0.05) is 12.7 Å². The number of hydrogen-bond donors (Lipinski definition) is 2. The van der Waals surface area contributed by atoms with E-state index in [1.807, 2.05) is 0 Å². The highest BCUT2D eigenvalue weighted by molar-refractivity contribution is 6.30. The molecule has 2 aromatic rings. The molecule has 1 aliphatic rings. The molecule has 0 bridgehead atoms. The highest BCUT2D eigenvalue weighted by Crippen LogP contribution is 2.31. The van der Waals surface area contributed by atoms with Gasteiger partial charge in [0.1, 0.15) is 12.1 Å². The van der Waals surface area contributed by atoms with Crippen LogP contribution in [0.1, 0.15) is 32.1 Å².